The molecule has 0 spiro atoms. The second kappa shape index (κ2) is 7.14. The lowest BCUT2D eigenvalue weighted by Gasteiger charge is -2.08. The topological polar surface area (TPSA) is 82.8 Å². The summed E-state index contributed by atoms with van der Waals surface area (Å²) in [6.07, 6.45) is 3.06. The fourth-order valence-corrected chi connectivity index (χ4v) is 1.96. The minimum absolute atomic E-state index is 0.214. The van der Waals surface area contributed by atoms with E-state index in [1.54, 1.807) is 12.1 Å². The lowest BCUT2D eigenvalue weighted by Crippen LogP contribution is -2.26. The quantitative estimate of drug-likeness (QED) is 0.677. The van der Waals surface area contributed by atoms with E-state index in [9.17, 15) is 9.59 Å². The highest BCUT2D eigenvalue weighted by Crippen LogP contribution is 2.14. The molecule has 1 heterocycles. The molecule has 1 aromatic carbocycles. The van der Waals surface area contributed by atoms with Crippen LogP contribution in [0.2, 0.25) is 0 Å². The Kier molecular flexibility index (Phi) is 4.99. The average Bonchev–Trinajstić information content (AvgIpc) is 2.55. The Morgan fingerprint density at radius 1 is 1.18 bits per heavy atom. The number of nitrogens with zero attached hydrogens (tertiary/aromatic N) is 2. The van der Waals surface area contributed by atoms with Crippen LogP contribution in [0.1, 0.15) is 38.3 Å². The van der Waals surface area contributed by atoms with Gasteiger partial charge in [-0.15, -0.1) is 0 Å². The maximum Gasteiger partial charge on any atom is 0.253 e. The van der Waals surface area contributed by atoms with E-state index in [0.29, 0.717) is 11.1 Å². The zero-order chi connectivity index (χ0) is 15.9. The van der Waals surface area contributed by atoms with E-state index in [0.717, 1.165) is 5.56 Å². The Morgan fingerprint density at radius 2 is 1.91 bits per heavy atom. The van der Waals surface area contributed by atoms with Gasteiger partial charge in [-0.1, -0.05) is 29.8 Å². The number of hydrogen-bond acceptors (Lipinski definition) is 4. The summed E-state index contributed by atoms with van der Waals surface area (Å²) in [5.74, 6) is -0.633. The van der Waals surface area contributed by atoms with Crippen LogP contribution < -0.4 is 5.32 Å². The second-order valence-electron chi connectivity index (χ2n) is 4.78. The Morgan fingerprint density at radius 3 is 2.59 bits per heavy atom. The van der Waals surface area contributed by atoms with Gasteiger partial charge >= 0.3 is 0 Å². The van der Waals surface area contributed by atoms with Gasteiger partial charge < -0.3 is 5.32 Å². The summed E-state index contributed by atoms with van der Waals surface area (Å²) in [5.41, 5.74) is 2.09. The molecule has 0 atom stereocenters. The average molecular weight is 293 g/mol. The molecule has 0 saturated heterocycles. The maximum absolute atomic E-state index is 12.6. The predicted octanol–water partition coefficient (Wildman–Crippen LogP) is 2.26. The molecule has 1 amide bonds. The van der Waals surface area contributed by atoms with Gasteiger partial charge in [0.2, 0.25) is 0 Å². The maximum atomic E-state index is 12.6. The molecule has 5 nitrogen and oxygen atoms in total. The van der Waals surface area contributed by atoms with E-state index in [1.807, 2.05) is 25.1 Å². The lowest BCUT2D eigenvalue weighted by molar-refractivity contribution is 0.0942. The number of nitrogens with one attached hydrogen (secondary N) is 1. The van der Waals surface area contributed by atoms with Gasteiger partial charge in [-0.2, -0.15) is 5.26 Å². The summed E-state index contributed by atoms with van der Waals surface area (Å²) in [7, 11) is 0. The Labute approximate surface area is 128 Å². The standard InChI is InChI=1S/C17H15N3O2/c1-12-3-5-13(6-4-12)16(21)14-7-10-19-11-15(14)17(22)20-9-2-8-18/h3-7,10-11H,2,9H2,1H3,(H,20,22). The number of carbonyl (C=O) groups is 2. The SMILES string of the molecule is Cc1ccc(C(=O)c2ccncc2C(=O)NCCC#N)cc1. The first-order chi connectivity index (χ1) is 10.6. The van der Waals surface area contributed by atoms with Crippen LogP contribution in [0.3, 0.4) is 0 Å². The fraction of sp³-hybridized carbons (Fsp3) is 0.176. The highest BCUT2D eigenvalue weighted by Gasteiger charge is 2.18. The van der Waals surface area contributed by atoms with Gasteiger partial charge in [0.05, 0.1) is 18.1 Å². The number of hydrogen-bond donors (Lipinski definition) is 1. The number of aryl methyl sites for hydroxylation is 1. The van der Waals surface area contributed by atoms with Crippen LogP contribution in [-0.4, -0.2) is 23.2 Å². The highest BCUT2D eigenvalue weighted by molar-refractivity contribution is 6.15. The molecule has 22 heavy (non-hydrogen) atoms. The van der Waals surface area contributed by atoms with E-state index in [4.69, 9.17) is 5.26 Å². The van der Waals surface area contributed by atoms with E-state index >= 15 is 0 Å². The molecule has 1 aromatic heterocycles. The summed E-state index contributed by atoms with van der Waals surface area (Å²) < 4.78 is 0. The normalized spacial score (nSPS) is 9.82. The van der Waals surface area contributed by atoms with Crippen LogP contribution in [0.4, 0.5) is 0 Å². The molecular weight excluding hydrogens is 278 g/mol. The fourth-order valence-electron chi connectivity index (χ4n) is 1.96. The van der Waals surface area contributed by atoms with Crippen LogP contribution in [-0.2, 0) is 0 Å². The van der Waals surface area contributed by atoms with E-state index in [2.05, 4.69) is 10.3 Å². The van der Waals surface area contributed by atoms with Crippen LogP contribution in [0.25, 0.3) is 0 Å². The monoisotopic (exact) mass is 293 g/mol. The van der Waals surface area contributed by atoms with Crippen molar-refractivity contribution in [2.75, 3.05) is 6.54 Å². The molecule has 0 unspecified atom stereocenters. The molecule has 2 aromatic rings. The minimum Gasteiger partial charge on any atom is -0.351 e. The highest BCUT2D eigenvalue weighted by atomic mass is 16.2. The van der Waals surface area contributed by atoms with Gasteiger partial charge in [0.15, 0.2) is 5.78 Å². The number of benzene rings is 1. The van der Waals surface area contributed by atoms with E-state index < -0.39 is 5.91 Å². The second-order valence-corrected chi connectivity index (χ2v) is 4.78. The van der Waals surface area contributed by atoms with Gasteiger partial charge in [0, 0.05) is 30.1 Å². The van der Waals surface area contributed by atoms with Gasteiger partial charge in [-0.25, -0.2) is 0 Å². The van der Waals surface area contributed by atoms with Crippen molar-refractivity contribution in [1.82, 2.24) is 10.3 Å². The first-order valence-corrected chi connectivity index (χ1v) is 6.84. The summed E-state index contributed by atoms with van der Waals surface area (Å²) >= 11 is 0. The number of nitriles is 1. The molecule has 0 aliphatic carbocycles. The van der Waals surface area contributed by atoms with Crippen LogP contribution in [0.5, 0.6) is 0 Å². The van der Waals surface area contributed by atoms with Gasteiger partial charge in [0.25, 0.3) is 5.91 Å². The van der Waals surface area contributed by atoms with Gasteiger partial charge in [-0.05, 0) is 13.0 Å². The van der Waals surface area contributed by atoms with Crippen LogP contribution in [0.15, 0.2) is 42.7 Å². The molecule has 2 rings (SSSR count). The lowest BCUT2D eigenvalue weighted by atomic mass is 9.99. The van der Waals surface area contributed by atoms with Crippen molar-refractivity contribution < 1.29 is 9.59 Å². The molecule has 0 fully saturated rings. The van der Waals surface area contributed by atoms with E-state index in [-0.39, 0.29) is 24.3 Å². The number of carbonyl (C=O) groups excluding carboxylic acids is 2. The van der Waals surface area contributed by atoms with Crippen LogP contribution >= 0.6 is 0 Å². The minimum atomic E-state index is -0.404. The molecule has 5 heteroatoms. The number of aromatic nitrogens is 1. The zero-order valence-corrected chi connectivity index (χ0v) is 12.2. The van der Waals surface area contributed by atoms with Gasteiger partial charge in [-0.3, -0.25) is 14.6 Å². The summed E-state index contributed by atoms with van der Waals surface area (Å²) in [6, 6.07) is 10.6. The first kappa shape index (κ1) is 15.4. The largest absolute Gasteiger partial charge is 0.351 e. The van der Waals surface area contributed by atoms with Crippen molar-refractivity contribution in [1.29, 1.82) is 5.26 Å². The number of pyridine rings is 1. The number of ketones is 1. The molecule has 0 radical (unpaired) electrons. The Bertz CT molecular complexity index is 730. The number of rotatable bonds is 5. The zero-order valence-electron chi connectivity index (χ0n) is 12.2. The van der Waals surface area contributed by atoms with Crippen molar-refractivity contribution in [2.45, 2.75) is 13.3 Å². The van der Waals surface area contributed by atoms with Crippen molar-refractivity contribution in [3.63, 3.8) is 0 Å². The molecule has 0 saturated carbocycles. The van der Waals surface area contributed by atoms with Crippen molar-refractivity contribution in [2.24, 2.45) is 0 Å². The van der Waals surface area contributed by atoms with Crippen molar-refractivity contribution in [3.05, 3.63) is 65.0 Å². The summed E-state index contributed by atoms with van der Waals surface area (Å²) in [6.45, 7) is 2.18. The molecule has 0 bridgehead atoms. The Balaban J connectivity index is 2.28. The Hall–Kier alpha value is -3.00. The van der Waals surface area contributed by atoms with Crippen molar-refractivity contribution >= 4 is 11.7 Å². The molecule has 110 valence electrons. The van der Waals surface area contributed by atoms with Crippen molar-refractivity contribution in [3.8, 4) is 6.07 Å². The molecule has 0 aliphatic heterocycles. The molecule has 0 aliphatic rings. The summed E-state index contributed by atoms with van der Waals surface area (Å²) in [5, 5.41) is 11.1. The smallest absolute Gasteiger partial charge is 0.253 e. The molecular formula is C17H15N3O2. The van der Waals surface area contributed by atoms with Gasteiger partial charge in [0.1, 0.15) is 0 Å². The van der Waals surface area contributed by atoms with E-state index in [1.165, 1.54) is 18.5 Å². The molecule has 1 N–H and O–H groups in total. The third kappa shape index (κ3) is 3.55. The third-order valence-corrected chi connectivity index (χ3v) is 3.15. The third-order valence-electron chi connectivity index (χ3n) is 3.15. The summed E-state index contributed by atoms with van der Waals surface area (Å²) in [4.78, 5) is 28.6. The van der Waals surface area contributed by atoms with Crippen LogP contribution in [0, 0.1) is 18.3 Å². The first-order valence-electron chi connectivity index (χ1n) is 6.84. The number of amides is 1. The predicted molar refractivity (Wildman–Crippen MR) is 81.4 cm³/mol.